The Bertz CT molecular complexity index is 448. The Kier molecular flexibility index (Phi) is 4.99. The summed E-state index contributed by atoms with van der Waals surface area (Å²) in [7, 11) is 0. The van der Waals surface area contributed by atoms with Crippen LogP contribution in [0.5, 0.6) is 5.75 Å². The number of rotatable bonds is 4. The van der Waals surface area contributed by atoms with E-state index in [9.17, 15) is 15.3 Å². The maximum Gasteiger partial charge on any atom is 0.186 e. The lowest BCUT2D eigenvalue weighted by atomic mass is 10.0. The normalized spacial score (nSPS) is 30.4. The highest BCUT2D eigenvalue weighted by molar-refractivity contribution is 5.35. The second-order valence-electron chi connectivity index (χ2n) is 5.35. The van der Waals surface area contributed by atoms with E-state index in [-0.39, 0.29) is 11.9 Å². The minimum absolute atomic E-state index is 0.137. The highest BCUT2D eigenvalue weighted by Crippen LogP contribution is 2.22. The molecule has 0 amide bonds. The second-order valence-corrected chi connectivity index (χ2v) is 5.35. The third-order valence-electron chi connectivity index (χ3n) is 3.56. The lowest BCUT2D eigenvalue weighted by Crippen LogP contribution is -2.48. The fraction of sp³-hybridized carbons (Fsp3) is 0.600. The molecule has 2 rings (SSSR count). The first kappa shape index (κ1) is 15.3. The number of aliphatic hydroxyl groups is 2. The molecule has 1 heterocycles. The molecular weight excluding hydrogens is 260 g/mol. The number of ether oxygens (including phenoxy) is 2. The number of aliphatic hydroxyl groups excluding tert-OH is 2. The van der Waals surface area contributed by atoms with Gasteiger partial charge in [0.25, 0.3) is 0 Å². The lowest BCUT2D eigenvalue weighted by Gasteiger charge is -2.35. The lowest BCUT2D eigenvalue weighted by molar-refractivity contribution is -0.262. The minimum atomic E-state index is -1.02. The van der Waals surface area contributed by atoms with Gasteiger partial charge in [-0.3, -0.25) is 0 Å². The third kappa shape index (κ3) is 3.70. The third-order valence-corrected chi connectivity index (χ3v) is 3.56. The molecule has 0 unspecified atom stereocenters. The number of hydrogen-bond acceptors (Lipinski definition) is 5. The van der Waals surface area contributed by atoms with Gasteiger partial charge in [0.15, 0.2) is 6.29 Å². The van der Waals surface area contributed by atoms with Gasteiger partial charge < -0.3 is 24.8 Å². The molecule has 1 aliphatic heterocycles. The molecule has 20 heavy (non-hydrogen) atoms. The first-order valence-electron chi connectivity index (χ1n) is 6.89. The van der Waals surface area contributed by atoms with Crippen LogP contribution in [0.4, 0.5) is 0 Å². The van der Waals surface area contributed by atoms with E-state index >= 15 is 0 Å². The van der Waals surface area contributed by atoms with Crippen LogP contribution in [0.2, 0.25) is 0 Å². The smallest absolute Gasteiger partial charge is 0.186 e. The molecule has 0 bridgehead atoms. The minimum Gasteiger partial charge on any atom is -0.508 e. The summed E-state index contributed by atoms with van der Waals surface area (Å²) >= 11 is 0. The molecule has 1 saturated heterocycles. The molecule has 0 spiro atoms. The zero-order chi connectivity index (χ0) is 14.7. The van der Waals surface area contributed by atoms with E-state index in [1.807, 2.05) is 26.0 Å². The fourth-order valence-electron chi connectivity index (χ4n) is 2.27. The van der Waals surface area contributed by atoms with Gasteiger partial charge in [-0.15, -0.1) is 0 Å². The molecule has 5 nitrogen and oxygen atoms in total. The predicted molar refractivity (Wildman–Crippen MR) is 73.5 cm³/mol. The van der Waals surface area contributed by atoms with Gasteiger partial charge in [-0.05, 0) is 37.5 Å². The summed E-state index contributed by atoms with van der Waals surface area (Å²) in [6, 6.07) is 5.48. The monoisotopic (exact) mass is 282 g/mol. The van der Waals surface area contributed by atoms with Crippen molar-refractivity contribution >= 4 is 0 Å². The Morgan fingerprint density at radius 2 is 2.10 bits per heavy atom. The molecular formula is C15H22O5. The summed E-state index contributed by atoms with van der Waals surface area (Å²) in [4.78, 5) is 0. The second kappa shape index (κ2) is 6.54. The summed E-state index contributed by atoms with van der Waals surface area (Å²) in [6.45, 7) is 4.03. The molecule has 1 fully saturated rings. The van der Waals surface area contributed by atoms with Crippen molar-refractivity contribution in [2.75, 3.05) is 6.61 Å². The number of phenols is 1. The van der Waals surface area contributed by atoms with E-state index < -0.39 is 18.5 Å². The van der Waals surface area contributed by atoms with Crippen molar-refractivity contribution in [1.82, 2.24) is 0 Å². The topological polar surface area (TPSA) is 79.2 Å². The van der Waals surface area contributed by atoms with Crippen LogP contribution in [-0.4, -0.2) is 46.5 Å². The van der Waals surface area contributed by atoms with Crippen molar-refractivity contribution < 1.29 is 24.8 Å². The van der Waals surface area contributed by atoms with Crippen LogP contribution in [0.1, 0.15) is 24.5 Å². The molecule has 1 aromatic rings. The Hall–Kier alpha value is -1.14. The van der Waals surface area contributed by atoms with Crippen LogP contribution in [0.25, 0.3) is 0 Å². The summed E-state index contributed by atoms with van der Waals surface area (Å²) in [6.07, 6.45) is -1.75. The average Bonchev–Trinajstić information content (AvgIpc) is 2.39. The van der Waals surface area contributed by atoms with E-state index in [1.54, 1.807) is 6.07 Å². The fourth-order valence-corrected chi connectivity index (χ4v) is 2.27. The van der Waals surface area contributed by atoms with E-state index in [0.29, 0.717) is 19.4 Å². The summed E-state index contributed by atoms with van der Waals surface area (Å²) in [5.41, 5.74) is 1.78. The van der Waals surface area contributed by atoms with Crippen molar-refractivity contribution in [3.05, 3.63) is 29.3 Å². The highest BCUT2D eigenvalue weighted by Gasteiger charge is 2.35. The van der Waals surface area contributed by atoms with Crippen LogP contribution >= 0.6 is 0 Å². The van der Waals surface area contributed by atoms with E-state index in [1.165, 1.54) is 0 Å². The van der Waals surface area contributed by atoms with Crippen molar-refractivity contribution in [1.29, 1.82) is 0 Å². The quantitative estimate of drug-likeness (QED) is 0.771. The van der Waals surface area contributed by atoms with E-state index in [2.05, 4.69) is 0 Å². The van der Waals surface area contributed by atoms with Crippen LogP contribution in [-0.2, 0) is 15.9 Å². The molecule has 5 heteroatoms. The Balaban J connectivity index is 1.84. The summed E-state index contributed by atoms with van der Waals surface area (Å²) < 4.78 is 11.0. The molecule has 0 saturated carbocycles. The van der Waals surface area contributed by atoms with Gasteiger partial charge in [0, 0.05) is 6.42 Å². The van der Waals surface area contributed by atoms with Crippen molar-refractivity contribution in [2.24, 2.45) is 0 Å². The van der Waals surface area contributed by atoms with Gasteiger partial charge in [0.2, 0.25) is 0 Å². The standard InChI is InChI=1S/C15H22O5/c1-9-3-4-11(8-12(9)16)5-6-19-15-14(18)13(17)7-10(2)20-15/h3-4,8,10,13-18H,5-7H2,1-2H3/t10-,13+,14-,15-/m1/s1. The largest absolute Gasteiger partial charge is 0.508 e. The Morgan fingerprint density at radius 3 is 2.80 bits per heavy atom. The molecule has 1 aromatic carbocycles. The molecule has 112 valence electrons. The zero-order valence-electron chi connectivity index (χ0n) is 11.8. The molecule has 0 aromatic heterocycles. The molecule has 1 aliphatic rings. The molecule has 0 radical (unpaired) electrons. The van der Waals surface area contributed by atoms with Crippen LogP contribution in [0, 0.1) is 6.92 Å². The van der Waals surface area contributed by atoms with Crippen molar-refractivity contribution in [2.45, 2.75) is 51.3 Å². The van der Waals surface area contributed by atoms with Crippen LogP contribution < -0.4 is 0 Å². The maximum absolute atomic E-state index is 9.79. The van der Waals surface area contributed by atoms with Gasteiger partial charge in [-0.2, -0.15) is 0 Å². The van der Waals surface area contributed by atoms with E-state index in [0.717, 1.165) is 11.1 Å². The Labute approximate surface area is 118 Å². The Morgan fingerprint density at radius 1 is 1.35 bits per heavy atom. The van der Waals surface area contributed by atoms with Gasteiger partial charge in [-0.25, -0.2) is 0 Å². The van der Waals surface area contributed by atoms with Gasteiger partial charge >= 0.3 is 0 Å². The summed E-state index contributed by atoms with van der Waals surface area (Å²) in [5, 5.41) is 29.1. The van der Waals surface area contributed by atoms with Crippen molar-refractivity contribution in [3.8, 4) is 5.75 Å². The number of phenolic OH excluding ortho intramolecular Hbond substituents is 1. The average molecular weight is 282 g/mol. The first-order valence-corrected chi connectivity index (χ1v) is 6.89. The van der Waals surface area contributed by atoms with Crippen molar-refractivity contribution in [3.63, 3.8) is 0 Å². The number of aryl methyl sites for hydroxylation is 1. The van der Waals surface area contributed by atoms with Gasteiger partial charge in [0.05, 0.1) is 18.8 Å². The molecule has 3 N–H and O–H groups in total. The van der Waals surface area contributed by atoms with Gasteiger partial charge in [-0.1, -0.05) is 12.1 Å². The highest BCUT2D eigenvalue weighted by atomic mass is 16.7. The van der Waals surface area contributed by atoms with Gasteiger partial charge in [0.1, 0.15) is 11.9 Å². The maximum atomic E-state index is 9.79. The first-order chi connectivity index (χ1) is 9.47. The number of benzene rings is 1. The summed E-state index contributed by atoms with van der Waals surface area (Å²) in [5.74, 6) is 0.264. The number of aromatic hydroxyl groups is 1. The number of hydrogen-bond donors (Lipinski definition) is 3. The zero-order valence-corrected chi connectivity index (χ0v) is 11.8. The predicted octanol–water partition coefficient (Wildman–Crippen LogP) is 1.12. The molecule has 4 atom stereocenters. The van der Waals surface area contributed by atoms with Crippen LogP contribution in [0.15, 0.2) is 18.2 Å². The van der Waals surface area contributed by atoms with E-state index in [4.69, 9.17) is 9.47 Å². The SMILES string of the molecule is Cc1ccc(CCO[C@@H]2O[C@H](C)C[C@H](O)[C@H]2O)cc1O. The molecule has 0 aliphatic carbocycles. The van der Waals surface area contributed by atoms with Crippen LogP contribution in [0.3, 0.4) is 0 Å².